The van der Waals surface area contributed by atoms with Crippen LogP contribution in [0.2, 0.25) is 0 Å². The van der Waals surface area contributed by atoms with Crippen LogP contribution in [0, 0.1) is 16.7 Å². The van der Waals surface area contributed by atoms with E-state index in [-0.39, 0.29) is 6.29 Å². The molecule has 1 saturated heterocycles. The van der Waals surface area contributed by atoms with Crippen molar-refractivity contribution in [1.29, 1.82) is 0 Å². The third kappa shape index (κ3) is 1.18. The second kappa shape index (κ2) is 2.78. The van der Waals surface area contributed by atoms with Crippen LogP contribution in [-0.4, -0.2) is 18.5 Å². The van der Waals surface area contributed by atoms with Gasteiger partial charge in [-0.1, -0.05) is 20.8 Å². The average molecular weight is 210 g/mol. The number of ether oxygens (including phenoxy) is 2. The van der Waals surface area contributed by atoms with Crippen molar-refractivity contribution in [3.8, 4) is 0 Å². The molecule has 2 aliphatic carbocycles. The molecule has 5 atom stereocenters. The predicted molar refractivity (Wildman–Crippen MR) is 58.4 cm³/mol. The van der Waals surface area contributed by atoms with E-state index >= 15 is 0 Å². The molecule has 0 aromatic carbocycles. The van der Waals surface area contributed by atoms with E-state index in [0.717, 1.165) is 5.92 Å². The van der Waals surface area contributed by atoms with E-state index in [4.69, 9.17) is 9.47 Å². The Kier molecular flexibility index (Phi) is 1.87. The molecular formula is C13H22O2. The minimum atomic E-state index is 0.0991. The number of epoxide rings is 1. The molecule has 1 heterocycles. The van der Waals surface area contributed by atoms with E-state index in [1.54, 1.807) is 0 Å². The first kappa shape index (κ1) is 10.1. The Labute approximate surface area is 92.3 Å². The monoisotopic (exact) mass is 210 g/mol. The molecule has 2 heteroatoms. The molecule has 2 saturated carbocycles. The summed E-state index contributed by atoms with van der Waals surface area (Å²) in [4.78, 5) is 0. The summed E-state index contributed by atoms with van der Waals surface area (Å²) in [6, 6.07) is 0. The van der Waals surface area contributed by atoms with Crippen molar-refractivity contribution < 1.29 is 9.47 Å². The highest BCUT2D eigenvalue weighted by atomic mass is 16.8. The van der Waals surface area contributed by atoms with Crippen LogP contribution < -0.4 is 0 Å². The van der Waals surface area contributed by atoms with Gasteiger partial charge in [0.1, 0.15) is 6.10 Å². The maximum absolute atomic E-state index is 6.08. The molecule has 0 aromatic heterocycles. The molecule has 86 valence electrons. The zero-order valence-electron chi connectivity index (χ0n) is 10.2. The van der Waals surface area contributed by atoms with Gasteiger partial charge in [0.05, 0.1) is 6.10 Å². The standard InChI is InChI=1S/C13H22O2/c1-8-11(14-8)15-10-7-9-5-6-13(10,4)12(9,2)3/h8-11H,5-7H2,1-4H3. The van der Waals surface area contributed by atoms with Gasteiger partial charge in [-0.2, -0.15) is 0 Å². The van der Waals surface area contributed by atoms with Gasteiger partial charge in [0, 0.05) is 0 Å². The van der Waals surface area contributed by atoms with Crippen LogP contribution in [-0.2, 0) is 9.47 Å². The molecule has 2 nitrogen and oxygen atoms in total. The first-order valence-electron chi connectivity index (χ1n) is 6.26. The Bertz CT molecular complexity index is 286. The van der Waals surface area contributed by atoms with Gasteiger partial charge in [-0.05, 0) is 42.9 Å². The Morgan fingerprint density at radius 3 is 2.33 bits per heavy atom. The molecule has 1 aliphatic heterocycles. The van der Waals surface area contributed by atoms with Crippen LogP contribution in [0.5, 0.6) is 0 Å². The summed E-state index contributed by atoms with van der Waals surface area (Å²) in [6.07, 6.45) is 4.83. The molecule has 15 heavy (non-hydrogen) atoms. The summed E-state index contributed by atoms with van der Waals surface area (Å²) < 4.78 is 11.5. The Morgan fingerprint density at radius 1 is 1.27 bits per heavy atom. The molecule has 5 unspecified atom stereocenters. The second-order valence-electron chi connectivity index (χ2n) is 6.44. The molecular weight excluding hydrogens is 188 g/mol. The Balaban J connectivity index is 1.77. The fourth-order valence-electron chi connectivity index (χ4n) is 3.81. The highest BCUT2D eigenvalue weighted by Gasteiger charge is 2.63. The minimum absolute atomic E-state index is 0.0991. The first-order valence-corrected chi connectivity index (χ1v) is 6.26. The van der Waals surface area contributed by atoms with Crippen molar-refractivity contribution in [2.45, 2.75) is 65.5 Å². The van der Waals surface area contributed by atoms with Crippen molar-refractivity contribution in [3.63, 3.8) is 0 Å². The van der Waals surface area contributed by atoms with Crippen molar-refractivity contribution in [3.05, 3.63) is 0 Å². The topological polar surface area (TPSA) is 21.8 Å². The predicted octanol–water partition coefficient (Wildman–Crippen LogP) is 2.96. The summed E-state index contributed by atoms with van der Waals surface area (Å²) in [5, 5.41) is 0. The molecule has 3 rings (SSSR count). The molecule has 0 spiro atoms. The van der Waals surface area contributed by atoms with Crippen LogP contribution in [0.4, 0.5) is 0 Å². The number of rotatable bonds is 2. The SMILES string of the molecule is CC1OC1OC1CC2CCC1(C)C2(C)C. The van der Waals surface area contributed by atoms with Gasteiger partial charge >= 0.3 is 0 Å². The second-order valence-corrected chi connectivity index (χ2v) is 6.44. The van der Waals surface area contributed by atoms with Gasteiger partial charge in [-0.25, -0.2) is 0 Å². The number of hydrogen-bond donors (Lipinski definition) is 0. The van der Waals surface area contributed by atoms with Gasteiger partial charge in [-0.3, -0.25) is 0 Å². The fraction of sp³-hybridized carbons (Fsp3) is 1.00. The lowest BCUT2D eigenvalue weighted by molar-refractivity contribution is -0.0838. The van der Waals surface area contributed by atoms with E-state index in [2.05, 4.69) is 27.7 Å². The van der Waals surface area contributed by atoms with Crippen molar-refractivity contribution in [1.82, 2.24) is 0 Å². The zero-order valence-corrected chi connectivity index (χ0v) is 10.2. The number of hydrogen-bond acceptors (Lipinski definition) is 2. The van der Waals surface area contributed by atoms with Crippen molar-refractivity contribution in [2.24, 2.45) is 16.7 Å². The quantitative estimate of drug-likeness (QED) is 0.654. The molecule has 0 N–H and O–H groups in total. The third-order valence-electron chi connectivity index (χ3n) is 5.67. The first-order chi connectivity index (χ1) is 6.95. The third-order valence-corrected chi connectivity index (χ3v) is 5.67. The van der Waals surface area contributed by atoms with Gasteiger partial charge < -0.3 is 9.47 Å². The smallest absolute Gasteiger partial charge is 0.184 e. The summed E-state index contributed by atoms with van der Waals surface area (Å²) in [6.45, 7) is 9.35. The van der Waals surface area contributed by atoms with E-state index in [0.29, 0.717) is 23.0 Å². The summed E-state index contributed by atoms with van der Waals surface area (Å²) in [5.41, 5.74) is 0.832. The van der Waals surface area contributed by atoms with E-state index in [1.807, 2.05) is 0 Å². The van der Waals surface area contributed by atoms with Crippen LogP contribution >= 0.6 is 0 Å². The van der Waals surface area contributed by atoms with Crippen LogP contribution in [0.3, 0.4) is 0 Å². The van der Waals surface area contributed by atoms with E-state index < -0.39 is 0 Å². The fourth-order valence-corrected chi connectivity index (χ4v) is 3.81. The van der Waals surface area contributed by atoms with E-state index in [1.165, 1.54) is 19.3 Å². The minimum Gasteiger partial charge on any atom is -0.346 e. The lowest BCUT2D eigenvalue weighted by Gasteiger charge is -2.38. The van der Waals surface area contributed by atoms with Crippen LogP contribution in [0.1, 0.15) is 47.0 Å². The normalized spacial score (nSPS) is 56.0. The molecule has 3 fully saturated rings. The lowest BCUT2D eigenvalue weighted by Crippen LogP contribution is -2.37. The highest BCUT2D eigenvalue weighted by molar-refractivity contribution is 5.11. The molecule has 0 amide bonds. The Morgan fingerprint density at radius 2 is 1.93 bits per heavy atom. The van der Waals surface area contributed by atoms with Crippen LogP contribution in [0.25, 0.3) is 0 Å². The average Bonchev–Trinajstić information content (AvgIpc) is 2.75. The molecule has 0 radical (unpaired) electrons. The zero-order chi connectivity index (χ0) is 10.8. The van der Waals surface area contributed by atoms with Gasteiger partial charge in [0.25, 0.3) is 0 Å². The van der Waals surface area contributed by atoms with Gasteiger partial charge in [-0.15, -0.1) is 0 Å². The summed E-state index contributed by atoms with van der Waals surface area (Å²) in [7, 11) is 0. The Hall–Kier alpha value is -0.0800. The maximum Gasteiger partial charge on any atom is 0.184 e. The molecule has 3 aliphatic rings. The summed E-state index contributed by atoms with van der Waals surface area (Å²) in [5.74, 6) is 0.863. The van der Waals surface area contributed by atoms with Crippen molar-refractivity contribution in [2.75, 3.05) is 0 Å². The van der Waals surface area contributed by atoms with Gasteiger partial charge in [0.15, 0.2) is 6.29 Å². The van der Waals surface area contributed by atoms with Crippen LogP contribution in [0.15, 0.2) is 0 Å². The van der Waals surface area contributed by atoms with Crippen molar-refractivity contribution >= 4 is 0 Å². The molecule has 2 bridgehead atoms. The highest BCUT2D eigenvalue weighted by Crippen LogP contribution is 2.66. The van der Waals surface area contributed by atoms with E-state index in [9.17, 15) is 0 Å². The summed E-state index contributed by atoms with van der Waals surface area (Å²) >= 11 is 0. The van der Waals surface area contributed by atoms with Gasteiger partial charge in [0.2, 0.25) is 0 Å². The number of fused-ring (bicyclic) bond motifs is 2. The maximum atomic E-state index is 6.08. The lowest BCUT2D eigenvalue weighted by atomic mass is 9.70. The largest absolute Gasteiger partial charge is 0.346 e. The molecule has 0 aromatic rings.